The summed E-state index contributed by atoms with van der Waals surface area (Å²) in [5.74, 6) is 1.23. The first kappa shape index (κ1) is 15.5. The van der Waals surface area contributed by atoms with E-state index in [-0.39, 0.29) is 0 Å². The SMILES string of the molecule is CCN(Cc1ccncc1)C(CN)CCCSC. The average molecular weight is 267 g/mol. The molecule has 1 aromatic heterocycles. The summed E-state index contributed by atoms with van der Waals surface area (Å²) in [5, 5.41) is 0. The number of hydrogen-bond acceptors (Lipinski definition) is 4. The van der Waals surface area contributed by atoms with E-state index in [2.05, 4.69) is 35.2 Å². The number of aromatic nitrogens is 1. The summed E-state index contributed by atoms with van der Waals surface area (Å²) in [6.07, 6.45) is 8.31. The molecule has 0 aromatic carbocycles. The van der Waals surface area contributed by atoms with Crippen molar-refractivity contribution >= 4 is 11.8 Å². The molecule has 18 heavy (non-hydrogen) atoms. The minimum Gasteiger partial charge on any atom is -0.329 e. The molecule has 0 bridgehead atoms. The van der Waals surface area contributed by atoms with Gasteiger partial charge in [-0.1, -0.05) is 6.92 Å². The van der Waals surface area contributed by atoms with E-state index in [1.165, 1.54) is 24.2 Å². The molecule has 0 spiro atoms. The lowest BCUT2D eigenvalue weighted by Gasteiger charge is -2.30. The molecule has 0 aliphatic carbocycles. The molecule has 0 aliphatic heterocycles. The van der Waals surface area contributed by atoms with Gasteiger partial charge in [-0.15, -0.1) is 0 Å². The largest absolute Gasteiger partial charge is 0.329 e. The van der Waals surface area contributed by atoms with Crippen molar-refractivity contribution in [2.24, 2.45) is 5.73 Å². The van der Waals surface area contributed by atoms with Crippen molar-refractivity contribution in [2.75, 3.05) is 25.1 Å². The monoisotopic (exact) mass is 267 g/mol. The van der Waals surface area contributed by atoms with E-state index >= 15 is 0 Å². The highest BCUT2D eigenvalue weighted by Crippen LogP contribution is 2.12. The quantitative estimate of drug-likeness (QED) is 0.698. The number of nitrogens with zero attached hydrogens (tertiary/aromatic N) is 2. The molecule has 0 saturated carbocycles. The van der Waals surface area contributed by atoms with Crippen LogP contribution in [0.4, 0.5) is 0 Å². The van der Waals surface area contributed by atoms with Gasteiger partial charge in [-0.2, -0.15) is 11.8 Å². The highest BCUT2D eigenvalue weighted by Gasteiger charge is 2.15. The second-order valence-corrected chi connectivity index (χ2v) is 5.43. The molecule has 0 saturated heterocycles. The Morgan fingerprint density at radius 2 is 2.11 bits per heavy atom. The van der Waals surface area contributed by atoms with E-state index in [1.807, 2.05) is 24.2 Å². The topological polar surface area (TPSA) is 42.2 Å². The van der Waals surface area contributed by atoms with E-state index in [4.69, 9.17) is 5.73 Å². The van der Waals surface area contributed by atoms with Gasteiger partial charge in [0.25, 0.3) is 0 Å². The van der Waals surface area contributed by atoms with Crippen molar-refractivity contribution in [3.8, 4) is 0 Å². The van der Waals surface area contributed by atoms with Crippen LogP contribution in [-0.2, 0) is 6.54 Å². The molecule has 0 fully saturated rings. The molecular weight excluding hydrogens is 242 g/mol. The van der Waals surface area contributed by atoms with E-state index in [0.29, 0.717) is 6.04 Å². The van der Waals surface area contributed by atoms with Gasteiger partial charge in [-0.25, -0.2) is 0 Å². The zero-order valence-electron chi connectivity index (χ0n) is 11.5. The molecule has 0 radical (unpaired) electrons. The Kier molecular flexibility index (Phi) is 8.05. The third-order valence-corrected chi connectivity index (χ3v) is 3.91. The molecule has 0 amide bonds. The van der Waals surface area contributed by atoms with E-state index in [1.54, 1.807) is 0 Å². The van der Waals surface area contributed by atoms with Gasteiger partial charge in [0.05, 0.1) is 0 Å². The van der Waals surface area contributed by atoms with E-state index < -0.39 is 0 Å². The number of likely N-dealkylation sites (N-methyl/N-ethyl adjacent to an activating group) is 1. The maximum absolute atomic E-state index is 5.92. The van der Waals surface area contributed by atoms with Gasteiger partial charge in [0.1, 0.15) is 0 Å². The summed E-state index contributed by atoms with van der Waals surface area (Å²) < 4.78 is 0. The van der Waals surface area contributed by atoms with Crippen LogP contribution in [0.5, 0.6) is 0 Å². The highest BCUT2D eigenvalue weighted by molar-refractivity contribution is 7.98. The maximum atomic E-state index is 5.92. The Balaban J connectivity index is 2.51. The molecular formula is C14H25N3S. The average Bonchev–Trinajstić information content (AvgIpc) is 2.43. The second kappa shape index (κ2) is 9.36. The molecule has 2 N–H and O–H groups in total. The fourth-order valence-corrected chi connectivity index (χ4v) is 2.59. The smallest absolute Gasteiger partial charge is 0.0271 e. The van der Waals surface area contributed by atoms with Gasteiger partial charge < -0.3 is 5.73 Å². The molecule has 1 heterocycles. The van der Waals surface area contributed by atoms with Crippen molar-refractivity contribution in [2.45, 2.75) is 32.4 Å². The number of rotatable bonds is 9. The molecule has 3 nitrogen and oxygen atoms in total. The minimum atomic E-state index is 0.496. The predicted octanol–water partition coefficient (Wildman–Crippen LogP) is 2.37. The van der Waals surface area contributed by atoms with Crippen LogP contribution >= 0.6 is 11.8 Å². The van der Waals surface area contributed by atoms with Crippen molar-refractivity contribution in [3.63, 3.8) is 0 Å². The molecule has 1 atom stereocenters. The van der Waals surface area contributed by atoms with Crippen LogP contribution in [0.3, 0.4) is 0 Å². The number of thioether (sulfide) groups is 1. The first-order chi connectivity index (χ1) is 8.81. The van der Waals surface area contributed by atoms with Gasteiger partial charge in [0.2, 0.25) is 0 Å². The Morgan fingerprint density at radius 1 is 1.39 bits per heavy atom. The third-order valence-electron chi connectivity index (χ3n) is 3.22. The highest BCUT2D eigenvalue weighted by atomic mass is 32.2. The number of nitrogens with two attached hydrogens (primary N) is 1. The summed E-state index contributed by atoms with van der Waals surface area (Å²) in [6, 6.07) is 4.66. The predicted molar refractivity (Wildman–Crippen MR) is 80.8 cm³/mol. The van der Waals surface area contributed by atoms with Gasteiger partial charge >= 0.3 is 0 Å². The molecule has 4 heteroatoms. The molecule has 1 aromatic rings. The third kappa shape index (κ3) is 5.38. The first-order valence-electron chi connectivity index (χ1n) is 6.63. The lowest BCUT2D eigenvalue weighted by Crippen LogP contribution is -2.40. The van der Waals surface area contributed by atoms with Gasteiger partial charge in [-0.3, -0.25) is 9.88 Å². The van der Waals surface area contributed by atoms with Crippen molar-refractivity contribution in [1.29, 1.82) is 0 Å². The van der Waals surface area contributed by atoms with Crippen LogP contribution in [0.1, 0.15) is 25.3 Å². The molecule has 102 valence electrons. The lowest BCUT2D eigenvalue weighted by molar-refractivity contribution is 0.191. The Bertz CT molecular complexity index is 305. The van der Waals surface area contributed by atoms with Crippen LogP contribution in [0.2, 0.25) is 0 Å². The Hall–Kier alpha value is -0.580. The maximum Gasteiger partial charge on any atom is 0.0271 e. The summed E-state index contributed by atoms with van der Waals surface area (Å²) in [4.78, 5) is 6.53. The van der Waals surface area contributed by atoms with E-state index in [9.17, 15) is 0 Å². The van der Waals surface area contributed by atoms with Crippen LogP contribution in [0, 0.1) is 0 Å². The van der Waals surface area contributed by atoms with Crippen LogP contribution in [0.15, 0.2) is 24.5 Å². The van der Waals surface area contributed by atoms with Crippen LogP contribution in [-0.4, -0.2) is 41.0 Å². The van der Waals surface area contributed by atoms with Gasteiger partial charge in [0.15, 0.2) is 0 Å². The van der Waals surface area contributed by atoms with Crippen LogP contribution in [0.25, 0.3) is 0 Å². The van der Waals surface area contributed by atoms with Crippen molar-refractivity contribution < 1.29 is 0 Å². The minimum absolute atomic E-state index is 0.496. The second-order valence-electron chi connectivity index (χ2n) is 4.44. The zero-order valence-corrected chi connectivity index (χ0v) is 12.3. The normalized spacial score (nSPS) is 12.9. The van der Waals surface area contributed by atoms with Gasteiger partial charge in [-0.05, 0) is 49.1 Å². The van der Waals surface area contributed by atoms with Crippen molar-refractivity contribution in [1.82, 2.24) is 9.88 Å². The molecule has 1 rings (SSSR count). The lowest BCUT2D eigenvalue weighted by atomic mass is 10.1. The number of hydrogen-bond donors (Lipinski definition) is 1. The molecule has 1 unspecified atom stereocenters. The Morgan fingerprint density at radius 3 is 2.67 bits per heavy atom. The van der Waals surface area contributed by atoms with Crippen LogP contribution < -0.4 is 5.73 Å². The summed E-state index contributed by atoms with van der Waals surface area (Å²) >= 11 is 1.91. The summed E-state index contributed by atoms with van der Waals surface area (Å²) in [5.41, 5.74) is 7.24. The summed E-state index contributed by atoms with van der Waals surface area (Å²) in [7, 11) is 0. The standard InChI is InChI=1S/C14H25N3S/c1-3-17(12-13-6-8-16-9-7-13)14(11-15)5-4-10-18-2/h6-9,14H,3-5,10-12,15H2,1-2H3. The van der Waals surface area contributed by atoms with Crippen molar-refractivity contribution in [3.05, 3.63) is 30.1 Å². The fourth-order valence-electron chi connectivity index (χ4n) is 2.13. The first-order valence-corrected chi connectivity index (χ1v) is 8.03. The summed E-state index contributed by atoms with van der Waals surface area (Å²) in [6.45, 7) is 4.97. The van der Waals surface area contributed by atoms with Gasteiger partial charge in [0, 0.05) is 31.5 Å². The molecule has 0 aliphatic rings. The Labute approximate surface area is 115 Å². The number of pyridine rings is 1. The van der Waals surface area contributed by atoms with E-state index in [0.717, 1.165) is 19.6 Å². The fraction of sp³-hybridized carbons (Fsp3) is 0.643. The zero-order chi connectivity index (χ0) is 13.2.